The fourth-order valence-electron chi connectivity index (χ4n) is 4.95. The Kier molecular flexibility index (Phi) is 9.09. The van der Waals surface area contributed by atoms with Crippen LogP contribution in [0.25, 0.3) is 0 Å². The molecule has 0 saturated heterocycles. The molecule has 1 fully saturated rings. The number of allylic oxidation sites excluding steroid dienone is 4. The van der Waals surface area contributed by atoms with Gasteiger partial charge in [-0.1, -0.05) is 50.4 Å². The maximum atomic E-state index is 10.8. The summed E-state index contributed by atoms with van der Waals surface area (Å²) in [6.45, 7) is 6.96. The molecule has 3 aliphatic rings. The van der Waals surface area contributed by atoms with Gasteiger partial charge in [-0.25, -0.2) is 4.79 Å². The van der Waals surface area contributed by atoms with Gasteiger partial charge in [-0.15, -0.1) is 23.7 Å². The molecule has 7 heteroatoms. The molecule has 0 heterocycles. The van der Waals surface area contributed by atoms with Crippen molar-refractivity contribution in [1.82, 2.24) is 10.6 Å². The quantitative estimate of drug-likeness (QED) is 0.210. The first-order valence-electron chi connectivity index (χ1n) is 11.0. The van der Waals surface area contributed by atoms with Gasteiger partial charge in [-0.3, -0.25) is 0 Å². The predicted molar refractivity (Wildman–Crippen MR) is 125 cm³/mol. The number of rotatable bonds is 8. The molecule has 0 spiro atoms. The Labute approximate surface area is 190 Å². The molecule has 0 aromatic rings. The third-order valence-electron chi connectivity index (χ3n) is 6.74. The Morgan fingerprint density at radius 1 is 1.29 bits per heavy atom. The summed E-state index contributed by atoms with van der Waals surface area (Å²) in [7, 11) is 0. The Morgan fingerprint density at radius 3 is 2.77 bits per heavy atom. The van der Waals surface area contributed by atoms with Crippen LogP contribution in [0.1, 0.15) is 52.4 Å². The molecule has 3 N–H and O–H groups in total. The van der Waals surface area contributed by atoms with Crippen molar-refractivity contribution in [3.63, 3.8) is 0 Å². The van der Waals surface area contributed by atoms with Crippen molar-refractivity contribution in [2.75, 3.05) is 6.54 Å². The van der Waals surface area contributed by atoms with E-state index in [1.54, 1.807) is 0 Å². The fourth-order valence-corrected chi connectivity index (χ4v) is 5.33. The zero-order chi connectivity index (χ0) is 21.7. The largest absolute Gasteiger partial charge is 0.465 e. The molecular formula is C24H33Cl2FmN2O2-. The van der Waals surface area contributed by atoms with Gasteiger partial charge in [0.2, 0.25) is 0 Å². The van der Waals surface area contributed by atoms with E-state index in [4.69, 9.17) is 28.3 Å². The molecule has 0 aromatic carbocycles. The number of halogens is 2. The van der Waals surface area contributed by atoms with Crippen LogP contribution in [0.2, 0.25) is 0 Å². The summed E-state index contributed by atoms with van der Waals surface area (Å²) < 4.78 is 0. The van der Waals surface area contributed by atoms with Crippen LogP contribution in [0.15, 0.2) is 46.1 Å². The number of carboxylic acid groups (broad SMARTS) is 1. The third kappa shape index (κ3) is 6.81. The van der Waals surface area contributed by atoms with Gasteiger partial charge in [-0.05, 0) is 49.0 Å². The minimum absolute atomic E-state index is 0. The molecule has 0 aromatic heterocycles. The van der Waals surface area contributed by atoms with Gasteiger partial charge < -0.3 is 15.7 Å². The van der Waals surface area contributed by atoms with Crippen molar-refractivity contribution in [3.8, 4) is 0 Å². The van der Waals surface area contributed by atoms with E-state index < -0.39 is 6.09 Å². The number of carbonyl (C=O) groups is 1. The molecule has 1 amide bonds. The zero-order valence-corrected chi connectivity index (χ0v) is 22.0. The van der Waals surface area contributed by atoms with E-state index in [0.29, 0.717) is 24.3 Å². The summed E-state index contributed by atoms with van der Waals surface area (Å²) in [4.78, 5) is 10.8. The molecule has 5 atom stereocenters. The first-order chi connectivity index (χ1) is 14.3. The van der Waals surface area contributed by atoms with E-state index in [-0.39, 0.29) is 11.4 Å². The first-order valence-corrected chi connectivity index (χ1v) is 11.8. The standard InChI is InChI=1S/C24H33Cl2N2O2.Fm/c1-15-3-5-18(21(15)9-10-27-24(29)30)12-19-13-20(6-8-23(19)26)28-14-17-4-7-22(25)16(2)11-17;/h4,8,11,13-15,18,20-22,27-28H,3,5-7,9-10,12H2,1-2H3,(H,29,30);/q-1;. The molecule has 4 nitrogen and oxygen atoms in total. The first kappa shape index (κ1) is 24.9. The summed E-state index contributed by atoms with van der Waals surface area (Å²) in [6.07, 6.45) is 13.7. The van der Waals surface area contributed by atoms with Gasteiger partial charge in [0, 0.05) is 23.0 Å². The van der Waals surface area contributed by atoms with Gasteiger partial charge in [0.15, 0.2) is 0 Å². The summed E-state index contributed by atoms with van der Waals surface area (Å²) >= 11 is 12.8. The topological polar surface area (TPSA) is 61.4 Å². The molecule has 1 saturated carbocycles. The smallest absolute Gasteiger partial charge is 0.404 e. The summed E-state index contributed by atoms with van der Waals surface area (Å²) in [6, 6.07) is 0.233. The number of nitrogens with one attached hydrogen (secondary N) is 2. The molecule has 5 unspecified atom stereocenters. The average Bonchev–Trinajstić information content (AvgIpc) is 3.04. The predicted octanol–water partition coefficient (Wildman–Crippen LogP) is 6.15. The van der Waals surface area contributed by atoms with Crippen molar-refractivity contribution >= 4 is 29.3 Å². The third-order valence-corrected chi connectivity index (χ3v) is 7.66. The fraction of sp³-hybridized carbons (Fsp3) is 0.583. The minimum Gasteiger partial charge on any atom is -0.465 e. The van der Waals surface area contributed by atoms with E-state index in [9.17, 15) is 4.79 Å². The monoisotopic (exact) mass is 708 g/mol. The van der Waals surface area contributed by atoms with Crippen LogP contribution in [0.5, 0.6) is 0 Å². The van der Waals surface area contributed by atoms with Gasteiger partial charge in [0.25, 0.3) is 0 Å². The Balaban J connectivity index is 0.00000341. The molecule has 178 valence electrons. The van der Waals surface area contributed by atoms with E-state index >= 15 is 0 Å². The van der Waals surface area contributed by atoms with Crippen LogP contribution in [-0.4, -0.2) is 29.2 Å². The van der Waals surface area contributed by atoms with E-state index in [2.05, 4.69) is 55.3 Å². The van der Waals surface area contributed by atoms with Crippen molar-refractivity contribution in [2.45, 2.75) is 63.8 Å². The normalized spacial score (nSPS) is 30.4. The molecule has 0 radical (unpaired) electrons. The number of alkyl halides is 1. The average molecular weight is 709 g/mol. The Bertz CT molecular complexity index is 763. The second-order valence-electron chi connectivity index (χ2n) is 8.90. The molecule has 3 aliphatic carbocycles. The number of hydrogen-bond acceptors (Lipinski definition) is 2. The zero-order valence-electron chi connectivity index (χ0n) is 18.1. The van der Waals surface area contributed by atoms with Gasteiger partial charge in [0.05, 0.1) is 0 Å². The van der Waals surface area contributed by atoms with Crippen molar-refractivity contribution in [1.29, 1.82) is 0 Å². The van der Waals surface area contributed by atoms with Crippen molar-refractivity contribution < 1.29 is 9.90 Å². The van der Waals surface area contributed by atoms with Crippen LogP contribution in [0.3, 0.4) is 0 Å². The summed E-state index contributed by atoms with van der Waals surface area (Å²) in [5.74, 6) is 1.71. The molecule has 0 bridgehead atoms. The molecule has 0 aliphatic heterocycles. The summed E-state index contributed by atoms with van der Waals surface area (Å²) in [5.41, 5.74) is 3.60. The minimum atomic E-state index is -0.942. The molecule has 31 heavy (non-hydrogen) atoms. The SMILES string of the molecule is CC1=CC([CH-]NC2C=C(CC3CCC(C)C3CCNC(=O)O)C(Cl)=CC2)=CCC1Cl.[Fm]. The van der Waals surface area contributed by atoms with Gasteiger partial charge >= 0.3 is 6.09 Å². The maximum Gasteiger partial charge on any atom is 0.404 e. The van der Waals surface area contributed by atoms with Crippen LogP contribution in [0.4, 0.5) is 4.79 Å². The Morgan fingerprint density at radius 2 is 2.06 bits per heavy atom. The number of hydrogen-bond donors (Lipinski definition) is 3. The van der Waals surface area contributed by atoms with Crippen LogP contribution in [0, 0.1) is 24.3 Å². The number of amides is 1. The van der Waals surface area contributed by atoms with Crippen molar-refractivity contribution in [3.05, 3.63) is 52.6 Å². The Hall–Kier alpha value is -2.36. The molecular weight excluding hydrogens is 676 g/mol. The second-order valence-corrected chi connectivity index (χ2v) is 9.83. The van der Waals surface area contributed by atoms with Crippen LogP contribution < -0.4 is 10.6 Å². The van der Waals surface area contributed by atoms with Crippen molar-refractivity contribution in [2.24, 2.45) is 17.8 Å². The second kappa shape index (κ2) is 11.3. The van der Waals surface area contributed by atoms with E-state index in [1.807, 2.05) is 0 Å². The van der Waals surface area contributed by atoms with Gasteiger partial charge in [0.1, 0.15) is 0 Å². The van der Waals surface area contributed by atoms with Crippen LogP contribution >= 0.6 is 23.2 Å². The summed E-state index contributed by atoms with van der Waals surface area (Å²) in [5, 5.41) is 15.9. The van der Waals surface area contributed by atoms with E-state index in [1.165, 1.54) is 29.6 Å². The van der Waals surface area contributed by atoms with E-state index in [0.717, 1.165) is 30.7 Å². The van der Waals surface area contributed by atoms with Gasteiger partial charge in [-0.2, -0.15) is 17.7 Å². The van der Waals surface area contributed by atoms with Crippen LogP contribution in [-0.2, 0) is 0 Å². The maximum absolute atomic E-state index is 10.8. The molecule has 3 rings (SSSR count).